The van der Waals surface area contributed by atoms with E-state index in [0.29, 0.717) is 23.9 Å². The van der Waals surface area contributed by atoms with E-state index in [1.807, 2.05) is 24.3 Å². The number of benzene rings is 2. The van der Waals surface area contributed by atoms with E-state index in [2.05, 4.69) is 10.3 Å². The van der Waals surface area contributed by atoms with Crippen LogP contribution in [-0.4, -0.2) is 29.7 Å². The SMILES string of the molecule is COc1cccc(CCNC(=O)c2c(O)c3ccccc3[nH]c2=O)c1. The van der Waals surface area contributed by atoms with Gasteiger partial charge in [0.1, 0.15) is 17.1 Å². The minimum atomic E-state index is -0.616. The highest BCUT2D eigenvalue weighted by molar-refractivity contribution is 6.02. The Morgan fingerprint density at radius 3 is 2.80 bits per heavy atom. The molecule has 1 heterocycles. The lowest BCUT2D eigenvalue weighted by Gasteiger charge is -2.09. The van der Waals surface area contributed by atoms with Crippen LogP contribution in [0.15, 0.2) is 53.3 Å². The Morgan fingerprint density at radius 1 is 1.20 bits per heavy atom. The van der Waals surface area contributed by atoms with Crippen molar-refractivity contribution in [1.82, 2.24) is 10.3 Å². The van der Waals surface area contributed by atoms with Crippen LogP contribution < -0.4 is 15.6 Å². The lowest BCUT2D eigenvalue weighted by atomic mass is 10.1. The molecule has 0 aliphatic rings. The molecule has 0 saturated heterocycles. The van der Waals surface area contributed by atoms with Crippen LogP contribution in [0.1, 0.15) is 15.9 Å². The van der Waals surface area contributed by atoms with Gasteiger partial charge in [0.15, 0.2) is 0 Å². The van der Waals surface area contributed by atoms with Gasteiger partial charge in [0.2, 0.25) is 0 Å². The molecule has 0 unspecified atom stereocenters. The fraction of sp³-hybridized carbons (Fsp3) is 0.158. The molecule has 0 saturated carbocycles. The quantitative estimate of drug-likeness (QED) is 0.665. The van der Waals surface area contributed by atoms with Crippen LogP contribution in [0.4, 0.5) is 0 Å². The van der Waals surface area contributed by atoms with Gasteiger partial charge in [-0.05, 0) is 36.2 Å². The Hall–Kier alpha value is -3.28. The zero-order valence-corrected chi connectivity index (χ0v) is 13.7. The fourth-order valence-corrected chi connectivity index (χ4v) is 2.67. The second-order valence-corrected chi connectivity index (χ2v) is 5.58. The van der Waals surface area contributed by atoms with Crippen molar-refractivity contribution in [2.24, 2.45) is 0 Å². The van der Waals surface area contributed by atoms with E-state index < -0.39 is 11.5 Å². The van der Waals surface area contributed by atoms with Crippen LogP contribution in [-0.2, 0) is 6.42 Å². The molecular weight excluding hydrogens is 320 g/mol. The number of hydrogen-bond donors (Lipinski definition) is 3. The number of nitrogens with one attached hydrogen (secondary N) is 2. The van der Waals surface area contributed by atoms with Crippen molar-refractivity contribution in [3.63, 3.8) is 0 Å². The highest BCUT2D eigenvalue weighted by Crippen LogP contribution is 2.24. The Bertz CT molecular complexity index is 979. The number of carbonyl (C=O) groups is 1. The number of aromatic hydroxyl groups is 1. The van der Waals surface area contributed by atoms with Crippen molar-refractivity contribution >= 4 is 16.8 Å². The summed E-state index contributed by atoms with van der Waals surface area (Å²) < 4.78 is 5.16. The second-order valence-electron chi connectivity index (χ2n) is 5.58. The van der Waals surface area contributed by atoms with Gasteiger partial charge < -0.3 is 20.1 Å². The first-order chi connectivity index (χ1) is 12.1. The van der Waals surface area contributed by atoms with Gasteiger partial charge in [-0.2, -0.15) is 0 Å². The standard InChI is InChI=1S/C19H18N2O4/c1-25-13-6-4-5-12(11-13)9-10-20-18(23)16-17(22)14-7-2-3-8-15(14)21-19(16)24/h2-8,11H,9-10H2,1H3,(H,20,23)(H2,21,22,24). The predicted octanol–water partition coefficient (Wildman–Crippen LogP) is 2.21. The van der Waals surface area contributed by atoms with Crippen LogP contribution >= 0.6 is 0 Å². The average molecular weight is 338 g/mol. The average Bonchev–Trinajstić information content (AvgIpc) is 2.62. The van der Waals surface area contributed by atoms with E-state index in [1.54, 1.807) is 31.4 Å². The molecule has 0 bridgehead atoms. The number of aromatic nitrogens is 1. The monoisotopic (exact) mass is 338 g/mol. The molecule has 1 aromatic heterocycles. The van der Waals surface area contributed by atoms with E-state index in [-0.39, 0.29) is 11.3 Å². The van der Waals surface area contributed by atoms with Gasteiger partial charge in [-0.15, -0.1) is 0 Å². The number of pyridine rings is 1. The fourth-order valence-electron chi connectivity index (χ4n) is 2.67. The summed E-state index contributed by atoms with van der Waals surface area (Å²) >= 11 is 0. The molecular formula is C19H18N2O4. The molecule has 0 aliphatic heterocycles. The maximum atomic E-state index is 12.3. The Labute approximate surface area is 144 Å². The summed E-state index contributed by atoms with van der Waals surface area (Å²) in [5.74, 6) is -0.168. The molecule has 2 aromatic carbocycles. The highest BCUT2D eigenvalue weighted by Gasteiger charge is 2.18. The number of methoxy groups -OCH3 is 1. The molecule has 1 amide bonds. The maximum absolute atomic E-state index is 12.3. The number of carbonyl (C=O) groups excluding carboxylic acids is 1. The van der Waals surface area contributed by atoms with E-state index in [0.717, 1.165) is 11.3 Å². The van der Waals surface area contributed by atoms with E-state index in [4.69, 9.17) is 4.74 Å². The summed E-state index contributed by atoms with van der Waals surface area (Å²) in [5.41, 5.74) is 0.591. The Balaban J connectivity index is 1.75. The van der Waals surface area contributed by atoms with Crippen molar-refractivity contribution in [2.75, 3.05) is 13.7 Å². The van der Waals surface area contributed by atoms with Gasteiger partial charge in [-0.1, -0.05) is 24.3 Å². The summed E-state index contributed by atoms with van der Waals surface area (Å²) in [6.07, 6.45) is 0.579. The first-order valence-electron chi connectivity index (χ1n) is 7.85. The Kier molecular flexibility index (Phi) is 4.70. The lowest BCUT2D eigenvalue weighted by molar-refractivity contribution is 0.0950. The van der Waals surface area contributed by atoms with Crippen LogP contribution in [0.5, 0.6) is 11.5 Å². The second kappa shape index (κ2) is 7.09. The molecule has 3 rings (SSSR count). The molecule has 6 heteroatoms. The van der Waals surface area contributed by atoms with Crippen molar-refractivity contribution in [3.8, 4) is 11.5 Å². The zero-order valence-electron chi connectivity index (χ0n) is 13.7. The smallest absolute Gasteiger partial charge is 0.265 e. The molecule has 25 heavy (non-hydrogen) atoms. The molecule has 0 fully saturated rings. The molecule has 3 aromatic rings. The summed E-state index contributed by atoms with van der Waals surface area (Å²) in [6, 6.07) is 14.3. The van der Waals surface area contributed by atoms with Crippen molar-refractivity contribution < 1.29 is 14.6 Å². The van der Waals surface area contributed by atoms with Crippen LogP contribution in [0, 0.1) is 0 Å². The zero-order chi connectivity index (χ0) is 17.8. The lowest BCUT2D eigenvalue weighted by Crippen LogP contribution is -2.31. The molecule has 3 N–H and O–H groups in total. The van der Waals surface area contributed by atoms with Crippen molar-refractivity contribution in [1.29, 1.82) is 0 Å². The van der Waals surface area contributed by atoms with Crippen LogP contribution in [0.25, 0.3) is 10.9 Å². The summed E-state index contributed by atoms with van der Waals surface area (Å²) in [7, 11) is 1.59. The number of hydrogen-bond acceptors (Lipinski definition) is 4. The van der Waals surface area contributed by atoms with Gasteiger partial charge >= 0.3 is 0 Å². The minimum Gasteiger partial charge on any atom is -0.506 e. The number of amides is 1. The van der Waals surface area contributed by atoms with E-state index >= 15 is 0 Å². The number of H-pyrrole nitrogens is 1. The molecule has 0 radical (unpaired) electrons. The van der Waals surface area contributed by atoms with Gasteiger partial charge in [0, 0.05) is 11.9 Å². The first kappa shape index (κ1) is 16.6. The molecule has 0 aliphatic carbocycles. The molecule has 6 nitrogen and oxygen atoms in total. The highest BCUT2D eigenvalue weighted by atomic mass is 16.5. The van der Waals surface area contributed by atoms with E-state index in [9.17, 15) is 14.7 Å². The summed E-state index contributed by atoms with van der Waals surface area (Å²) in [5, 5.41) is 13.4. The normalized spacial score (nSPS) is 10.6. The molecule has 0 spiro atoms. The summed E-state index contributed by atoms with van der Waals surface area (Å²) in [4.78, 5) is 27.1. The number of aromatic amines is 1. The van der Waals surface area contributed by atoms with Crippen LogP contribution in [0.2, 0.25) is 0 Å². The van der Waals surface area contributed by atoms with E-state index in [1.165, 1.54) is 0 Å². The summed E-state index contributed by atoms with van der Waals surface area (Å²) in [6.45, 7) is 0.331. The third kappa shape index (κ3) is 3.47. The number of fused-ring (bicyclic) bond motifs is 1. The predicted molar refractivity (Wildman–Crippen MR) is 95.3 cm³/mol. The third-order valence-corrected chi connectivity index (χ3v) is 3.95. The number of ether oxygens (including phenoxy) is 1. The van der Waals surface area contributed by atoms with Crippen LogP contribution in [0.3, 0.4) is 0 Å². The largest absolute Gasteiger partial charge is 0.506 e. The molecule has 0 atom stereocenters. The number of rotatable bonds is 5. The van der Waals surface area contributed by atoms with Gasteiger partial charge in [0.25, 0.3) is 11.5 Å². The van der Waals surface area contributed by atoms with Gasteiger partial charge in [-0.25, -0.2) is 0 Å². The Morgan fingerprint density at radius 2 is 2.00 bits per heavy atom. The van der Waals surface area contributed by atoms with Crippen molar-refractivity contribution in [3.05, 3.63) is 70.0 Å². The topological polar surface area (TPSA) is 91.4 Å². The maximum Gasteiger partial charge on any atom is 0.265 e. The van der Waals surface area contributed by atoms with Gasteiger partial charge in [-0.3, -0.25) is 9.59 Å². The first-order valence-corrected chi connectivity index (χ1v) is 7.85. The minimum absolute atomic E-state index is 0.274. The number of para-hydroxylation sites is 1. The van der Waals surface area contributed by atoms with Crippen molar-refractivity contribution in [2.45, 2.75) is 6.42 Å². The third-order valence-electron chi connectivity index (χ3n) is 3.95. The molecule has 128 valence electrons. The van der Waals surface area contributed by atoms with Gasteiger partial charge in [0.05, 0.1) is 12.6 Å².